The molecule has 1 atom stereocenters. The van der Waals surface area contributed by atoms with E-state index >= 15 is 0 Å². The van der Waals surface area contributed by atoms with Gasteiger partial charge in [-0.25, -0.2) is 0 Å². The fraction of sp³-hybridized carbons (Fsp3) is 0.368. The summed E-state index contributed by atoms with van der Waals surface area (Å²) in [5, 5.41) is 6.15. The van der Waals surface area contributed by atoms with Crippen LogP contribution in [-0.4, -0.2) is 43.4 Å². The van der Waals surface area contributed by atoms with E-state index in [2.05, 4.69) is 15.6 Å². The molecule has 1 aromatic heterocycles. The van der Waals surface area contributed by atoms with Crippen LogP contribution in [0.2, 0.25) is 0 Å². The zero-order valence-corrected chi connectivity index (χ0v) is 14.4. The summed E-state index contributed by atoms with van der Waals surface area (Å²) in [5.41, 5.74) is 2.07. The molecule has 1 amide bonds. The number of nitrogens with one attached hydrogen (secondary N) is 2. The Morgan fingerprint density at radius 2 is 1.96 bits per heavy atom. The van der Waals surface area contributed by atoms with Crippen LogP contribution in [-0.2, 0) is 4.74 Å². The Morgan fingerprint density at radius 1 is 1.08 bits per heavy atom. The first-order chi connectivity index (χ1) is 12.8. The van der Waals surface area contributed by atoms with E-state index in [1.54, 1.807) is 18.5 Å². The summed E-state index contributed by atoms with van der Waals surface area (Å²) >= 11 is 0. The van der Waals surface area contributed by atoms with Crippen molar-refractivity contribution in [3.05, 3.63) is 42.2 Å². The average Bonchev–Trinajstić information content (AvgIpc) is 3.20. The number of hydrogen-bond donors (Lipinski definition) is 2. The predicted octanol–water partition coefficient (Wildman–Crippen LogP) is 2.51. The van der Waals surface area contributed by atoms with Crippen molar-refractivity contribution in [2.75, 3.05) is 31.7 Å². The number of nitrogens with zero attached hydrogens (tertiary/aromatic N) is 1. The Labute approximate surface area is 151 Å². The Kier molecular flexibility index (Phi) is 4.88. The predicted molar refractivity (Wildman–Crippen MR) is 96.3 cm³/mol. The third-order valence-corrected chi connectivity index (χ3v) is 4.35. The number of pyridine rings is 1. The molecule has 0 saturated carbocycles. The molecule has 3 heterocycles. The number of fused-ring (bicyclic) bond motifs is 1. The molecular formula is C19H21N3O4. The fourth-order valence-electron chi connectivity index (χ4n) is 3.03. The average molecular weight is 355 g/mol. The van der Waals surface area contributed by atoms with Crippen molar-refractivity contribution in [1.82, 2.24) is 10.3 Å². The van der Waals surface area contributed by atoms with E-state index < -0.39 is 0 Å². The van der Waals surface area contributed by atoms with Gasteiger partial charge in [-0.15, -0.1) is 0 Å². The van der Waals surface area contributed by atoms with Gasteiger partial charge in [0, 0.05) is 31.1 Å². The summed E-state index contributed by atoms with van der Waals surface area (Å²) < 4.78 is 16.6. The third-order valence-electron chi connectivity index (χ3n) is 4.35. The zero-order valence-electron chi connectivity index (χ0n) is 14.4. The molecule has 1 saturated heterocycles. The van der Waals surface area contributed by atoms with E-state index in [-0.39, 0.29) is 12.0 Å². The number of rotatable bonds is 5. The van der Waals surface area contributed by atoms with Crippen LogP contribution in [0.5, 0.6) is 11.5 Å². The maximum absolute atomic E-state index is 12.3. The maximum Gasteiger partial charge on any atom is 0.253 e. The number of amides is 1. The second kappa shape index (κ2) is 7.61. The van der Waals surface area contributed by atoms with Crippen molar-refractivity contribution >= 4 is 17.3 Å². The number of benzene rings is 1. The number of aromatic nitrogens is 1. The second-order valence-corrected chi connectivity index (χ2v) is 6.29. The largest absolute Gasteiger partial charge is 0.486 e. The van der Waals surface area contributed by atoms with E-state index in [1.807, 2.05) is 18.2 Å². The van der Waals surface area contributed by atoms with Gasteiger partial charge in [0.05, 0.1) is 23.6 Å². The molecule has 2 aliphatic heterocycles. The molecule has 2 aromatic rings. The number of anilines is 2. The lowest BCUT2D eigenvalue weighted by Crippen LogP contribution is -2.31. The van der Waals surface area contributed by atoms with Crippen LogP contribution in [0.3, 0.4) is 0 Å². The summed E-state index contributed by atoms with van der Waals surface area (Å²) in [7, 11) is 0. The molecule has 0 aliphatic carbocycles. The molecular weight excluding hydrogens is 334 g/mol. The van der Waals surface area contributed by atoms with Gasteiger partial charge in [-0.2, -0.15) is 0 Å². The lowest BCUT2D eigenvalue weighted by Gasteiger charge is -2.19. The van der Waals surface area contributed by atoms with Gasteiger partial charge in [0.25, 0.3) is 5.91 Å². The van der Waals surface area contributed by atoms with Gasteiger partial charge in [-0.1, -0.05) is 0 Å². The van der Waals surface area contributed by atoms with Gasteiger partial charge in [-0.05, 0) is 31.0 Å². The minimum atomic E-state index is -0.154. The number of hydrogen-bond acceptors (Lipinski definition) is 6. The molecule has 2 N–H and O–H groups in total. The normalized spacial score (nSPS) is 18.4. The van der Waals surface area contributed by atoms with E-state index in [9.17, 15) is 4.79 Å². The van der Waals surface area contributed by atoms with Crippen molar-refractivity contribution in [3.63, 3.8) is 0 Å². The molecule has 0 radical (unpaired) electrons. The number of ether oxygens (including phenoxy) is 3. The Morgan fingerprint density at radius 3 is 2.81 bits per heavy atom. The van der Waals surface area contributed by atoms with Gasteiger partial charge in [0.1, 0.15) is 13.2 Å². The molecule has 7 heteroatoms. The topological polar surface area (TPSA) is 81.7 Å². The minimum absolute atomic E-state index is 0.117. The molecule has 2 aliphatic rings. The lowest BCUT2D eigenvalue weighted by molar-refractivity contribution is 0.0857. The maximum atomic E-state index is 12.3. The summed E-state index contributed by atoms with van der Waals surface area (Å²) in [4.78, 5) is 16.5. The third kappa shape index (κ3) is 3.88. The van der Waals surface area contributed by atoms with Crippen LogP contribution in [0.1, 0.15) is 23.2 Å². The van der Waals surface area contributed by atoms with E-state index in [1.165, 1.54) is 0 Å². The zero-order chi connectivity index (χ0) is 17.8. The summed E-state index contributed by atoms with van der Waals surface area (Å²) in [5.74, 6) is 1.29. The first-order valence-electron chi connectivity index (χ1n) is 8.79. The van der Waals surface area contributed by atoms with Crippen molar-refractivity contribution < 1.29 is 19.0 Å². The molecule has 136 valence electrons. The quantitative estimate of drug-likeness (QED) is 0.858. The Hall–Kier alpha value is -2.80. The van der Waals surface area contributed by atoms with Crippen LogP contribution in [0, 0.1) is 0 Å². The number of carbonyl (C=O) groups excluding carboxylic acids is 1. The van der Waals surface area contributed by atoms with E-state index in [4.69, 9.17) is 14.2 Å². The van der Waals surface area contributed by atoms with Crippen molar-refractivity contribution in [2.24, 2.45) is 0 Å². The monoisotopic (exact) mass is 355 g/mol. The Balaban J connectivity index is 1.41. The molecule has 0 spiro atoms. The molecule has 26 heavy (non-hydrogen) atoms. The second-order valence-electron chi connectivity index (χ2n) is 6.29. The van der Waals surface area contributed by atoms with Gasteiger partial charge < -0.3 is 24.8 Å². The highest BCUT2D eigenvalue weighted by atomic mass is 16.6. The number of carbonyl (C=O) groups is 1. The summed E-state index contributed by atoms with van der Waals surface area (Å²) in [6, 6.07) is 7.41. The van der Waals surface area contributed by atoms with Gasteiger partial charge in [-0.3, -0.25) is 9.78 Å². The first-order valence-corrected chi connectivity index (χ1v) is 8.79. The highest BCUT2D eigenvalue weighted by Crippen LogP contribution is 2.33. The van der Waals surface area contributed by atoms with Crippen LogP contribution in [0.25, 0.3) is 0 Å². The lowest BCUT2D eigenvalue weighted by atomic mass is 10.2. The van der Waals surface area contributed by atoms with E-state index in [0.717, 1.165) is 36.6 Å². The molecule has 4 rings (SSSR count). The van der Waals surface area contributed by atoms with Crippen LogP contribution in [0.4, 0.5) is 11.4 Å². The summed E-state index contributed by atoms with van der Waals surface area (Å²) in [6.07, 6.45) is 5.39. The van der Waals surface area contributed by atoms with Crippen molar-refractivity contribution in [3.8, 4) is 11.5 Å². The first kappa shape index (κ1) is 16.7. The smallest absolute Gasteiger partial charge is 0.253 e. The molecule has 1 unspecified atom stereocenters. The van der Waals surface area contributed by atoms with E-state index in [0.29, 0.717) is 31.1 Å². The highest BCUT2D eigenvalue weighted by molar-refractivity contribution is 5.94. The molecule has 0 bridgehead atoms. The summed E-state index contributed by atoms with van der Waals surface area (Å²) in [6.45, 7) is 2.40. The molecule has 7 nitrogen and oxygen atoms in total. The van der Waals surface area contributed by atoms with Crippen molar-refractivity contribution in [2.45, 2.75) is 18.9 Å². The van der Waals surface area contributed by atoms with Gasteiger partial charge in [0.15, 0.2) is 11.5 Å². The fourth-order valence-corrected chi connectivity index (χ4v) is 3.03. The van der Waals surface area contributed by atoms with Gasteiger partial charge >= 0.3 is 0 Å². The SMILES string of the molecule is O=C(NCC1CCCO1)c1cncc(Nc2ccc3c(c2)OCCO3)c1. The molecule has 1 aromatic carbocycles. The Bertz CT molecular complexity index is 790. The van der Waals surface area contributed by atoms with Crippen LogP contribution < -0.4 is 20.1 Å². The van der Waals surface area contributed by atoms with Crippen LogP contribution in [0.15, 0.2) is 36.7 Å². The van der Waals surface area contributed by atoms with Crippen molar-refractivity contribution in [1.29, 1.82) is 0 Å². The van der Waals surface area contributed by atoms with Gasteiger partial charge in [0.2, 0.25) is 0 Å². The van der Waals surface area contributed by atoms with Crippen LogP contribution >= 0.6 is 0 Å². The minimum Gasteiger partial charge on any atom is -0.486 e. The highest BCUT2D eigenvalue weighted by Gasteiger charge is 2.17. The standard InChI is InChI=1S/C19H21N3O4/c23-19(21-12-16-2-1-5-24-16)13-8-15(11-20-10-13)22-14-3-4-17-18(9-14)26-7-6-25-17/h3-4,8-11,16,22H,1-2,5-7,12H2,(H,21,23). The molecule has 1 fully saturated rings.